The third-order valence-electron chi connectivity index (χ3n) is 11.5. The Bertz CT molecular complexity index is 3340. The molecule has 12 rings (SSSR count). The van der Waals surface area contributed by atoms with E-state index in [1.807, 2.05) is 24.3 Å². The van der Waals surface area contributed by atoms with Crippen molar-refractivity contribution in [3.8, 4) is 39.7 Å². The number of para-hydroxylation sites is 2. The number of hydrogen-bond acceptors (Lipinski definition) is 5. The zero-order chi connectivity index (χ0) is 36.7. The Morgan fingerprint density at radius 1 is 0.500 bits per heavy atom. The lowest BCUT2D eigenvalue weighted by molar-refractivity contribution is 0.426. The van der Waals surface area contributed by atoms with Crippen LogP contribution in [0.2, 0.25) is 0 Å². The molecule has 0 amide bonds. The molecule has 10 aromatic rings. The maximum absolute atomic E-state index is 6.84. The maximum atomic E-state index is 6.84. The van der Waals surface area contributed by atoms with E-state index in [4.69, 9.17) is 24.1 Å². The molecule has 0 bridgehead atoms. The van der Waals surface area contributed by atoms with Crippen molar-refractivity contribution in [2.75, 3.05) is 0 Å². The van der Waals surface area contributed by atoms with Crippen LogP contribution in [0.1, 0.15) is 23.7 Å². The highest BCUT2D eigenvalue weighted by molar-refractivity contribution is 6.20. The number of furan rings is 1. The number of nitrogens with zero attached hydrogens (tertiary/aromatic N) is 3. The number of hydrogen-bond donors (Lipinski definition) is 0. The van der Waals surface area contributed by atoms with Gasteiger partial charge >= 0.3 is 0 Å². The third kappa shape index (κ3) is 4.77. The van der Waals surface area contributed by atoms with Gasteiger partial charge in [0.1, 0.15) is 22.7 Å². The average Bonchev–Trinajstić information content (AvgIpc) is 3.84. The Hall–Kier alpha value is -7.37. The minimum atomic E-state index is 0.187. The Morgan fingerprint density at radius 2 is 1.20 bits per heavy atom. The van der Waals surface area contributed by atoms with E-state index < -0.39 is 0 Å². The second-order valence-electron chi connectivity index (χ2n) is 14.7. The van der Waals surface area contributed by atoms with Crippen LogP contribution >= 0.6 is 0 Å². The van der Waals surface area contributed by atoms with E-state index in [1.165, 1.54) is 27.1 Å². The summed E-state index contributed by atoms with van der Waals surface area (Å²) in [6.45, 7) is 0. The summed E-state index contributed by atoms with van der Waals surface area (Å²) in [5, 5.41) is 9.08. The van der Waals surface area contributed by atoms with Crippen molar-refractivity contribution in [3.05, 3.63) is 187 Å². The summed E-state index contributed by atoms with van der Waals surface area (Å²) in [5.74, 6) is 3.83. The first-order valence-corrected chi connectivity index (χ1v) is 19.0. The van der Waals surface area contributed by atoms with E-state index in [2.05, 4.69) is 146 Å². The van der Waals surface area contributed by atoms with Crippen LogP contribution in [-0.4, -0.2) is 15.0 Å². The standard InChI is InChI=1S/C51H31N3O2/c1-2-12-31-27-33(22-21-30(31)11-1)49-52-50(34-23-24-39-38-17-7-9-19-44(38)55-46(39)29-34)54-51(53-49)42-26-25-40(48-47(42)41-18-8-10-20-45(41)56-48)43-28-32-13-3-4-14-35(32)36-15-5-6-16-37(36)43/h1-23,25-29,39H,24H2. The highest BCUT2D eigenvalue weighted by atomic mass is 16.5. The second-order valence-corrected chi connectivity index (χ2v) is 14.7. The highest BCUT2D eigenvalue weighted by Crippen LogP contribution is 2.47. The van der Waals surface area contributed by atoms with Gasteiger partial charge in [0.2, 0.25) is 0 Å². The molecule has 5 heteroatoms. The van der Waals surface area contributed by atoms with Gasteiger partial charge in [-0.05, 0) is 86.8 Å². The molecule has 2 aliphatic rings. The second kappa shape index (κ2) is 12.1. The normalized spacial score (nSPS) is 14.9. The van der Waals surface area contributed by atoms with Crippen molar-refractivity contribution >= 4 is 59.8 Å². The summed E-state index contributed by atoms with van der Waals surface area (Å²) in [4.78, 5) is 15.7. The third-order valence-corrected chi connectivity index (χ3v) is 11.5. The van der Waals surface area contributed by atoms with Crippen molar-refractivity contribution in [2.45, 2.75) is 12.3 Å². The van der Waals surface area contributed by atoms with Crippen LogP contribution in [-0.2, 0) is 0 Å². The van der Waals surface area contributed by atoms with Gasteiger partial charge in [0.05, 0.1) is 0 Å². The van der Waals surface area contributed by atoms with Crippen molar-refractivity contribution < 1.29 is 9.15 Å². The molecule has 0 saturated carbocycles. The van der Waals surface area contributed by atoms with E-state index in [1.54, 1.807) is 0 Å². The predicted octanol–water partition coefficient (Wildman–Crippen LogP) is 13.1. The molecular weight excluding hydrogens is 687 g/mol. The van der Waals surface area contributed by atoms with Crippen molar-refractivity contribution in [3.63, 3.8) is 0 Å². The minimum absolute atomic E-state index is 0.187. The van der Waals surface area contributed by atoms with Crippen LogP contribution in [0.5, 0.6) is 5.75 Å². The number of ether oxygens (including phenoxy) is 1. The van der Waals surface area contributed by atoms with E-state index in [-0.39, 0.29) is 5.92 Å². The van der Waals surface area contributed by atoms with Crippen LogP contribution in [0.25, 0.3) is 93.7 Å². The van der Waals surface area contributed by atoms with Crippen LogP contribution in [0, 0.1) is 0 Å². The van der Waals surface area contributed by atoms with Crippen molar-refractivity contribution in [1.29, 1.82) is 0 Å². The van der Waals surface area contributed by atoms with Gasteiger partial charge in [0.15, 0.2) is 17.5 Å². The van der Waals surface area contributed by atoms with Gasteiger partial charge < -0.3 is 9.15 Å². The van der Waals surface area contributed by atoms with E-state index in [0.29, 0.717) is 17.5 Å². The molecule has 0 saturated heterocycles. The molecule has 0 spiro atoms. The lowest BCUT2D eigenvalue weighted by atomic mass is 9.89. The number of rotatable bonds is 4. The molecule has 8 aromatic carbocycles. The zero-order valence-electron chi connectivity index (χ0n) is 30.1. The molecule has 1 atom stereocenters. The molecule has 262 valence electrons. The molecule has 0 fully saturated rings. The number of fused-ring (bicyclic) bond motifs is 10. The molecule has 1 unspecified atom stereocenters. The van der Waals surface area contributed by atoms with Gasteiger partial charge in [0, 0.05) is 44.5 Å². The Kier molecular flexibility index (Phi) is 6.69. The molecule has 2 aromatic heterocycles. The van der Waals surface area contributed by atoms with Crippen molar-refractivity contribution in [1.82, 2.24) is 15.0 Å². The fourth-order valence-electron chi connectivity index (χ4n) is 8.79. The lowest BCUT2D eigenvalue weighted by Gasteiger charge is -2.17. The van der Waals surface area contributed by atoms with Crippen LogP contribution in [0.4, 0.5) is 0 Å². The molecule has 1 aliphatic carbocycles. The number of aromatic nitrogens is 3. The molecule has 0 radical (unpaired) electrons. The molecule has 56 heavy (non-hydrogen) atoms. The summed E-state index contributed by atoms with van der Waals surface area (Å²) in [5.41, 5.74) is 7.71. The smallest absolute Gasteiger partial charge is 0.164 e. The fourth-order valence-corrected chi connectivity index (χ4v) is 8.79. The fraction of sp³-hybridized carbons (Fsp3) is 0.0392. The summed E-state index contributed by atoms with van der Waals surface area (Å²) in [6.07, 6.45) is 5.14. The Balaban J connectivity index is 1.09. The minimum Gasteiger partial charge on any atom is -0.461 e. The Labute approximate surface area is 321 Å². The summed E-state index contributed by atoms with van der Waals surface area (Å²) < 4.78 is 13.2. The van der Waals surface area contributed by atoms with Gasteiger partial charge in [-0.3, -0.25) is 0 Å². The van der Waals surface area contributed by atoms with Crippen LogP contribution in [0.15, 0.2) is 180 Å². The topological polar surface area (TPSA) is 61.0 Å². The monoisotopic (exact) mass is 717 g/mol. The van der Waals surface area contributed by atoms with E-state index in [0.717, 1.165) is 78.5 Å². The van der Waals surface area contributed by atoms with Crippen LogP contribution < -0.4 is 4.74 Å². The van der Waals surface area contributed by atoms with Gasteiger partial charge in [-0.2, -0.15) is 0 Å². The highest BCUT2D eigenvalue weighted by Gasteiger charge is 2.32. The number of allylic oxidation sites excluding steroid dienone is 4. The largest absolute Gasteiger partial charge is 0.461 e. The van der Waals surface area contributed by atoms with Gasteiger partial charge in [0.25, 0.3) is 0 Å². The van der Waals surface area contributed by atoms with Crippen molar-refractivity contribution in [2.24, 2.45) is 0 Å². The van der Waals surface area contributed by atoms with Gasteiger partial charge in [-0.1, -0.05) is 127 Å². The summed E-state index contributed by atoms with van der Waals surface area (Å²) >= 11 is 0. The van der Waals surface area contributed by atoms with E-state index >= 15 is 0 Å². The first-order valence-electron chi connectivity index (χ1n) is 19.0. The molecule has 0 N–H and O–H groups in total. The van der Waals surface area contributed by atoms with E-state index in [9.17, 15) is 0 Å². The van der Waals surface area contributed by atoms with Gasteiger partial charge in [-0.25, -0.2) is 15.0 Å². The van der Waals surface area contributed by atoms with Gasteiger partial charge in [-0.15, -0.1) is 0 Å². The Morgan fingerprint density at radius 3 is 2.11 bits per heavy atom. The quantitative estimate of drug-likeness (QED) is 0.170. The molecule has 1 aliphatic heterocycles. The SMILES string of the molecule is C1=C(c2nc(-c3ccc4ccccc4c3)nc(-c3ccc(-c4cc5ccccc5c5ccccc45)c4oc5ccccc5c34)n2)C=C2Oc3ccccc3C2C1. The molecule has 3 heterocycles. The first-order chi connectivity index (χ1) is 27.7. The lowest BCUT2D eigenvalue weighted by Crippen LogP contribution is -2.07. The van der Waals surface area contributed by atoms with Crippen LogP contribution in [0.3, 0.4) is 0 Å². The average molecular weight is 718 g/mol. The molecular formula is C51H31N3O2. The molecule has 5 nitrogen and oxygen atoms in total. The predicted molar refractivity (Wildman–Crippen MR) is 226 cm³/mol. The first kappa shape index (κ1) is 31.0. The maximum Gasteiger partial charge on any atom is 0.164 e. The summed E-state index contributed by atoms with van der Waals surface area (Å²) in [7, 11) is 0. The number of benzene rings is 8. The zero-order valence-corrected chi connectivity index (χ0v) is 30.1. The summed E-state index contributed by atoms with van der Waals surface area (Å²) in [6, 6.07) is 55.2.